The lowest BCUT2D eigenvalue weighted by Crippen LogP contribution is -2.43. The fraction of sp³-hybridized carbons (Fsp3) is 0.371. The van der Waals surface area contributed by atoms with Gasteiger partial charge in [-0.1, -0.05) is 97.4 Å². The number of carbonyl (C=O) groups is 2. The molecule has 3 unspecified atom stereocenters. The molecule has 0 saturated heterocycles. The Morgan fingerprint density at radius 3 is 2.52 bits per heavy atom. The molecule has 1 saturated carbocycles. The fourth-order valence-electron chi connectivity index (χ4n) is 6.42. The van der Waals surface area contributed by atoms with Crippen molar-refractivity contribution in [1.29, 1.82) is 0 Å². The molecule has 5 rings (SSSR count). The van der Waals surface area contributed by atoms with E-state index >= 15 is 0 Å². The van der Waals surface area contributed by atoms with Crippen LogP contribution >= 0.6 is 0 Å². The fourth-order valence-corrected chi connectivity index (χ4v) is 6.42. The third-order valence-corrected chi connectivity index (χ3v) is 8.56. The number of esters is 1. The summed E-state index contributed by atoms with van der Waals surface area (Å²) in [5, 5.41) is 9.43. The summed E-state index contributed by atoms with van der Waals surface area (Å²) in [4.78, 5) is 25.4. The Labute approximate surface area is 237 Å². The quantitative estimate of drug-likeness (QED) is 0.308. The van der Waals surface area contributed by atoms with Crippen molar-refractivity contribution in [2.75, 3.05) is 7.11 Å². The van der Waals surface area contributed by atoms with Gasteiger partial charge in [-0.15, -0.1) is 0 Å². The van der Waals surface area contributed by atoms with E-state index < -0.39 is 12.0 Å². The molecular weight excluding hydrogens is 496 g/mol. The molecule has 0 aromatic heterocycles. The normalized spacial score (nSPS) is 22.2. The highest BCUT2D eigenvalue weighted by atomic mass is 16.5. The Kier molecular flexibility index (Phi) is 9.12. The highest BCUT2D eigenvalue weighted by molar-refractivity contribution is 5.98. The molecule has 2 N–H and O–H groups in total. The third kappa shape index (κ3) is 6.71. The Bertz CT molecular complexity index is 1370. The van der Waals surface area contributed by atoms with Crippen molar-refractivity contribution >= 4 is 22.6 Å². The summed E-state index contributed by atoms with van der Waals surface area (Å²) < 4.78 is 4.96. The molecule has 0 heterocycles. The van der Waals surface area contributed by atoms with Crippen molar-refractivity contribution in [2.45, 2.75) is 63.6 Å². The Hall–Kier alpha value is -3.70. The SMILES string of the molecule is COC(=O)[C@H](Cc1ccccc1)NC(=O)C1=CCC([C@H]2CCCC(NC(C)c3cccc4ccccc34)C2)C=C1. The summed E-state index contributed by atoms with van der Waals surface area (Å²) in [7, 11) is 1.35. The zero-order valence-corrected chi connectivity index (χ0v) is 23.5. The Morgan fingerprint density at radius 1 is 0.975 bits per heavy atom. The smallest absolute Gasteiger partial charge is 0.328 e. The number of benzene rings is 3. The summed E-state index contributed by atoms with van der Waals surface area (Å²) in [5.41, 5.74) is 2.95. The molecule has 5 atom stereocenters. The van der Waals surface area contributed by atoms with Crippen LogP contribution in [0.1, 0.15) is 56.2 Å². The molecule has 2 aliphatic rings. The van der Waals surface area contributed by atoms with Crippen molar-refractivity contribution in [3.05, 3.63) is 108 Å². The first-order valence-electron chi connectivity index (χ1n) is 14.6. The van der Waals surface area contributed by atoms with Gasteiger partial charge >= 0.3 is 5.97 Å². The second kappa shape index (κ2) is 13.1. The van der Waals surface area contributed by atoms with Gasteiger partial charge in [-0.3, -0.25) is 4.79 Å². The number of carbonyl (C=O) groups excluding carboxylic acids is 2. The number of hydrogen-bond donors (Lipinski definition) is 2. The monoisotopic (exact) mass is 536 g/mol. The first kappa shape index (κ1) is 27.9. The number of allylic oxidation sites excluding steroid dienone is 2. The number of rotatable bonds is 9. The molecule has 2 aliphatic carbocycles. The van der Waals surface area contributed by atoms with E-state index in [1.165, 1.54) is 42.7 Å². The van der Waals surface area contributed by atoms with Crippen LogP contribution in [0.2, 0.25) is 0 Å². The van der Waals surface area contributed by atoms with Crippen LogP contribution in [0.25, 0.3) is 10.8 Å². The third-order valence-electron chi connectivity index (χ3n) is 8.56. The minimum absolute atomic E-state index is 0.229. The van der Waals surface area contributed by atoms with E-state index in [2.05, 4.69) is 66.1 Å². The molecule has 5 heteroatoms. The highest BCUT2D eigenvalue weighted by Gasteiger charge is 2.30. The average Bonchev–Trinajstić information content (AvgIpc) is 3.00. The van der Waals surface area contributed by atoms with Crippen LogP contribution in [0.15, 0.2) is 96.6 Å². The van der Waals surface area contributed by atoms with Crippen LogP contribution in [0, 0.1) is 11.8 Å². The maximum absolute atomic E-state index is 13.1. The molecule has 0 radical (unpaired) electrons. The van der Waals surface area contributed by atoms with E-state index in [4.69, 9.17) is 4.74 Å². The van der Waals surface area contributed by atoms with Crippen LogP contribution in [-0.2, 0) is 20.7 Å². The number of amides is 1. The molecular formula is C35H40N2O3. The molecule has 0 spiro atoms. The maximum atomic E-state index is 13.1. The Balaban J connectivity index is 1.16. The Morgan fingerprint density at radius 2 is 1.75 bits per heavy atom. The summed E-state index contributed by atoms with van der Waals surface area (Å²) in [6.45, 7) is 2.28. The molecule has 3 aromatic rings. The number of hydrogen-bond acceptors (Lipinski definition) is 4. The second-order valence-corrected chi connectivity index (χ2v) is 11.2. The van der Waals surface area contributed by atoms with Crippen LogP contribution in [0.3, 0.4) is 0 Å². The van der Waals surface area contributed by atoms with E-state index in [-0.39, 0.29) is 11.9 Å². The van der Waals surface area contributed by atoms with Crippen molar-refractivity contribution in [3.8, 4) is 0 Å². The van der Waals surface area contributed by atoms with Gasteiger partial charge in [0.1, 0.15) is 6.04 Å². The molecule has 5 nitrogen and oxygen atoms in total. The number of fused-ring (bicyclic) bond motifs is 1. The van der Waals surface area contributed by atoms with Crippen molar-refractivity contribution in [2.24, 2.45) is 11.8 Å². The van der Waals surface area contributed by atoms with E-state index in [1.807, 2.05) is 42.5 Å². The molecule has 1 amide bonds. The molecule has 40 heavy (non-hydrogen) atoms. The van der Waals surface area contributed by atoms with Crippen molar-refractivity contribution in [1.82, 2.24) is 10.6 Å². The van der Waals surface area contributed by atoms with Crippen LogP contribution in [0.4, 0.5) is 0 Å². The zero-order chi connectivity index (χ0) is 27.9. The maximum Gasteiger partial charge on any atom is 0.328 e. The van der Waals surface area contributed by atoms with E-state index in [0.29, 0.717) is 29.9 Å². The molecule has 208 valence electrons. The topological polar surface area (TPSA) is 67.4 Å². The summed E-state index contributed by atoms with van der Waals surface area (Å²) in [6.07, 6.45) is 12.2. The standard InChI is InChI=1S/C35H40N2O3/c1-24(31-17-9-13-27-12-6-7-16-32(27)31)36-30-15-8-14-29(23-30)26-18-20-28(21-19-26)34(38)37-33(35(39)40-2)22-25-10-4-3-5-11-25/h3-7,9-13,16-18,20-21,24,26,29-30,33,36H,8,14-15,19,22-23H2,1-2H3,(H,37,38)/t24?,26?,29-,30?,33-/m0/s1. The number of methoxy groups -OCH3 is 1. The van der Waals surface area contributed by atoms with Crippen LogP contribution in [0.5, 0.6) is 0 Å². The van der Waals surface area contributed by atoms with Gasteiger partial charge < -0.3 is 15.4 Å². The van der Waals surface area contributed by atoms with Gasteiger partial charge in [-0.25, -0.2) is 4.79 Å². The molecule has 1 fully saturated rings. The lowest BCUT2D eigenvalue weighted by molar-refractivity contribution is -0.144. The average molecular weight is 537 g/mol. The summed E-state index contributed by atoms with van der Waals surface area (Å²) in [5.74, 6) is 0.348. The van der Waals surface area contributed by atoms with Gasteiger partial charge in [0, 0.05) is 24.1 Å². The lowest BCUT2D eigenvalue weighted by atomic mass is 9.74. The largest absolute Gasteiger partial charge is 0.467 e. The molecule has 0 aliphatic heterocycles. The first-order chi connectivity index (χ1) is 19.5. The zero-order valence-electron chi connectivity index (χ0n) is 23.5. The lowest BCUT2D eigenvalue weighted by Gasteiger charge is -2.36. The highest BCUT2D eigenvalue weighted by Crippen LogP contribution is 2.36. The van der Waals surface area contributed by atoms with Crippen LogP contribution < -0.4 is 10.6 Å². The molecule has 3 aromatic carbocycles. The summed E-state index contributed by atoms with van der Waals surface area (Å²) >= 11 is 0. The molecule has 0 bridgehead atoms. The van der Waals surface area contributed by atoms with Gasteiger partial charge in [0.25, 0.3) is 5.91 Å². The van der Waals surface area contributed by atoms with E-state index in [0.717, 1.165) is 18.4 Å². The second-order valence-electron chi connectivity index (χ2n) is 11.2. The van der Waals surface area contributed by atoms with Crippen molar-refractivity contribution in [3.63, 3.8) is 0 Å². The van der Waals surface area contributed by atoms with Gasteiger partial charge in [-0.2, -0.15) is 0 Å². The predicted molar refractivity (Wildman–Crippen MR) is 161 cm³/mol. The number of nitrogens with one attached hydrogen (secondary N) is 2. The van der Waals surface area contributed by atoms with Gasteiger partial charge in [-0.05, 0) is 66.3 Å². The van der Waals surface area contributed by atoms with Crippen molar-refractivity contribution < 1.29 is 14.3 Å². The van der Waals surface area contributed by atoms with Gasteiger partial charge in [0.05, 0.1) is 7.11 Å². The first-order valence-corrected chi connectivity index (χ1v) is 14.6. The predicted octanol–water partition coefficient (Wildman–Crippen LogP) is 6.45. The minimum Gasteiger partial charge on any atom is -0.467 e. The summed E-state index contributed by atoms with van der Waals surface area (Å²) in [6, 6.07) is 24.9. The van der Waals surface area contributed by atoms with E-state index in [9.17, 15) is 9.59 Å². The number of ether oxygens (including phenoxy) is 1. The van der Waals surface area contributed by atoms with Crippen LogP contribution in [-0.4, -0.2) is 31.1 Å². The van der Waals surface area contributed by atoms with Gasteiger partial charge in [0.2, 0.25) is 0 Å². The minimum atomic E-state index is -0.721. The van der Waals surface area contributed by atoms with E-state index in [1.54, 1.807) is 0 Å². The van der Waals surface area contributed by atoms with Gasteiger partial charge in [0.15, 0.2) is 0 Å².